The predicted molar refractivity (Wildman–Crippen MR) is 27.8 cm³/mol. The van der Waals surface area contributed by atoms with Crippen LogP contribution in [-0.4, -0.2) is 12.7 Å². The van der Waals surface area contributed by atoms with Gasteiger partial charge in [-0.2, -0.15) is 0 Å². The van der Waals surface area contributed by atoms with Crippen molar-refractivity contribution in [2.45, 2.75) is 0 Å². The molecule has 0 aliphatic carbocycles. The van der Waals surface area contributed by atoms with Crippen LogP contribution >= 0.6 is 0 Å². The first-order chi connectivity index (χ1) is 3.93. The second-order valence-corrected chi connectivity index (χ2v) is 1.28. The van der Waals surface area contributed by atoms with Crippen LogP contribution < -0.4 is 5.46 Å². The molecule has 0 amide bonds. The third-order valence-corrected chi connectivity index (χ3v) is 0.732. The SMILES string of the molecule is OO[B]c1ccoc1. The van der Waals surface area contributed by atoms with Crippen molar-refractivity contribution in [1.29, 1.82) is 0 Å². The van der Waals surface area contributed by atoms with E-state index in [2.05, 4.69) is 9.22 Å². The standard InChI is InChI=1S/C4H4BO3/c6-8-5-4-1-2-7-3-4/h1-3,6H. The van der Waals surface area contributed by atoms with Gasteiger partial charge in [-0.1, -0.05) is 0 Å². The molecule has 1 radical (unpaired) electrons. The molecule has 3 nitrogen and oxygen atoms in total. The molecule has 0 saturated carbocycles. The molecule has 0 bridgehead atoms. The Morgan fingerprint density at radius 2 is 2.62 bits per heavy atom. The molecular formula is C4H4BO3. The van der Waals surface area contributed by atoms with Gasteiger partial charge < -0.3 is 9.22 Å². The minimum Gasteiger partial charge on any atom is -0.473 e. The zero-order valence-corrected chi connectivity index (χ0v) is 4.07. The van der Waals surface area contributed by atoms with E-state index in [-0.39, 0.29) is 0 Å². The Labute approximate surface area is 47.1 Å². The molecule has 41 valence electrons. The maximum Gasteiger partial charge on any atom is 0.384 e. The summed E-state index contributed by atoms with van der Waals surface area (Å²) in [4.78, 5) is 3.70. The van der Waals surface area contributed by atoms with Crippen molar-refractivity contribution in [3.05, 3.63) is 18.6 Å². The Hall–Kier alpha value is -0.735. The van der Waals surface area contributed by atoms with Gasteiger partial charge in [0.2, 0.25) is 0 Å². The molecule has 0 unspecified atom stereocenters. The fourth-order valence-electron chi connectivity index (χ4n) is 0.403. The largest absolute Gasteiger partial charge is 0.473 e. The van der Waals surface area contributed by atoms with Crippen LogP contribution in [0.25, 0.3) is 0 Å². The predicted octanol–water partition coefficient (Wildman–Crippen LogP) is 0.0137. The first-order valence-corrected chi connectivity index (χ1v) is 2.09. The van der Waals surface area contributed by atoms with E-state index in [1.165, 1.54) is 20.0 Å². The van der Waals surface area contributed by atoms with Crippen molar-refractivity contribution in [3.8, 4) is 0 Å². The molecule has 0 aromatic carbocycles. The van der Waals surface area contributed by atoms with E-state index in [4.69, 9.17) is 5.26 Å². The summed E-state index contributed by atoms with van der Waals surface area (Å²) in [5, 5.41) is 7.84. The summed E-state index contributed by atoms with van der Waals surface area (Å²) in [5.41, 5.74) is 0.701. The van der Waals surface area contributed by atoms with Crippen molar-refractivity contribution < 1.29 is 14.5 Å². The van der Waals surface area contributed by atoms with Crippen molar-refractivity contribution in [1.82, 2.24) is 0 Å². The van der Waals surface area contributed by atoms with E-state index < -0.39 is 0 Å². The number of furan rings is 1. The lowest BCUT2D eigenvalue weighted by Crippen LogP contribution is -2.12. The van der Waals surface area contributed by atoms with Gasteiger partial charge in [0.05, 0.1) is 12.5 Å². The zero-order chi connectivity index (χ0) is 5.82. The molecule has 1 heterocycles. The molecule has 1 rings (SSSR count). The molecular weight excluding hydrogens is 107 g/mol. The van der Waals surface area contributed by atoms with Crippen LogP contribution in [0.3, 0.4) is 0 Å². The molecule has 0 saturated heterocycles. The van der Waals surface area contributed by atoms with Gasteiger partial charge in [0.15, 0.2) is 0 Å². The molecule has 4 heteroatoms. The third kappa shape index (κ3) is 1.12. The van der Waals surface area contributed by atoms with Crippen molar-refractivity contribution in [2.75, 3.05) is 0 Å². The maximum atomic E-state index is 7.84. The van der Waals surface area contributed by atoms with Gasteiger partial charge in [0.1, 0.15) is 0 Å². The minimum absolute atomic E-state index is 0.701. The molecule has 1 aromatic rings. The van der Waals surface area contributed by atoms with Crippen LogP contribution in [0, 0.1) is 0 Å². The van der Waals surface area contributed by atoms with Gasteiger partial charge in [-0.15, -0.1) is 0 Å². The van der Waals surface area contributed by atoms with E-state index in [9.17, 15) is 0 Å². The highest BCUT2D eigenvalue weighted by Crippen LogP contribution is 1.79. The summed E-state index contributed by atoms with van der Waals surface area (Å²) < 4.78 is 4.64. The van der Waals surface area contributed by atoms with Gasteiger partial charge >= 0.3 is 7.48 Å². The fourth-order valence-corrected chi connectivity index (χ4v) is 0.403. The highest BCUT2D eigenvalue weighted by Gasteiger charge is 1.95. The Balaban J connectivity index is 2.50. The van der Waals surface area contributed by atoms with E-state index >= 15 is 0 Å². The third-order valence-electron chi connectivity index (χ3n) is 0.732. The second-order valence-electron chi connectivity index (χ2n) is 1.28. The lowest BCUT2D eigenvalue weighted by Gasteiger charge is -1.82. The first kappa shape index (κ1) is 5.40. The van der Waals surface area contributed by atoms with Gasteiger partial charge in [-0.3, -0.25) is 5.26 Å². The Kier molecular flexibility index (Phi) is 1.72. The quantitative estimate of drug-likeness (QED) is 0.332. The number of rotatable bonds is 2. The van der Waals surface area contributed by atoms with Crippen LogP contribution in [0.5, 0.6) is 0 Å². The van der Waals surface area contributed by atoms with E-state index in [0.717, 1.165) is 0 Å². The smallest absolute Gasteiger partial charge is 0.384 e. The highest BCUT2D eigenvalue weighted by molar-refractivity contribution is 6.46. The van der Waals surface area contributed by atoms with Crippen LogP contribution in [0.1, 0.15) is 0 Å². The Bertz CT molecular complexity index is 137. The zero-order valence-electron chi connectivity index (χ0n) is 4.07. The number of hydrogen-bond donors (Lipinski definition) is 1. The topological polar surface area (TPSA) is 42.6 Å². The van der Waals surface area contributed by atoms with Crippen molar-refractivity contribution in [2.24, 2.45) is 0 Å². The van der Waals surface area contributed by atoms with Crippen LogP contribution in [0.2, 0.25) is 0 Å². The van der Waals surface area contributed by atoms with Crippen molar-refractivity contribution in [3.63, 3.8) is 0 Å². The van der Waals surface area contributed by atoms with Crippen LogP contribution in [0.4, 0.5) is 0 Å². The summed E-state index contributed by atoms with van der Waals surface area (Å²) in [6, 6.07) is 1.66. The molecule has 1 N–H and O–H groups in total. The van der Waals surface area contributed by atoms with E-state index in [0.29, 0.717) is 5.46 Å². The van der Waals surface area contributed by atoms with E-state index in [1.54, 1.807) is 6.07 Å². The minimum atomic E-state index is 0.701. The second kappa shape index (κ2) is 2.54. The lowest BCUT2D eigenvalue weighted by molar-refractivity contribution is -0.135. The maximum absolute atomic E-state index is 7.84. The number of hydrogen-bond acceptors (Lipinski definition) is 3. The molecule has 8 heavy (non-hydrogen) atoms. The summed E-state index contributed by atoms with van der Waals surface area (Å²) in [7, 11) is 1.17. The molecule has 1 aromatic heterocycles. The fraction of sp³-hybridized carbons (Fsp3) is 0. The molecule has 0 atom stereocenters. The first-order valence-electron chi connectivity index (χ1n) is 2.09. The average molecular weight is 111 g/mol. The average Bonchev–Trinajstić information content (AvgIpc) is 2.19. The van der Waals surface area contributed by atoms with Gasteiger partial charge in [0.25, 0.3) is 0 Å². The summed E-state index contributed by atoms with van der Waals surface area (Å²) in [6.07, 6.45) is 2.95. The molecule has 0 aliphatic heterocycles. The van der Waals surface area contributed by atoms with Gasteiger partial charge in [0, 0.05) is 0 Å². The van der Waals surface area contributed by atoms with Crippen molar-refractivity contribution >= 4 is 12.9 Å². The summed E-state index contributed by atoms with van der Waals surface area (Å²) in [6.45, 7) is 0. The van der Waals surface area contributed by atoms with E-state index in [1.807, 2.05) is 0 Å². The normalized spacial score (nSPS) is 9.12. The van der Waals surface area contributed by atoms with Crippen LogP contribution in [-0.2, 0) is 4.81 Å². The monoisotopic (exact) mass is 111 g/mol. The summed E-state index contributed by atoms with van der Waals surface area (Å²) in [5.74, 6) is 0. The van der Waals surface area contributed by atoms with Gasteiger partial charge in [-0.05, 0) is 11.5 Å². The van der Waals surface area contributed by atoms with Gasteiger partial charge in [-0.25, -0.2) is 0 Å². The Morgan fingerprint density at radius 1 is 1.75 bits per heavy atom. The molecule has 0 aliphatic rings. The lowest BCUT2D eigenvalue weighted by atomic mass is 9.92. The molecule has 0 spiro atoms. The van der Waals surface area contributed by atoms with Crippen LogP contribution in [0.15, 0.2) is 23.0 Å². The highest BCUT2D eigenvalue weighted by atomic mass is 17.1. The Morgan fingerprint density at radius 3 is 3.12 bits per heavy atom. The summed E-state index contributed by atoms with van der Waals surface area (Å²) >= 11 is 0. The molecule has 0 fully saturated rings.